The molecule has 0 spiro atoms. The lowest BCUT2D eigenvalue weighted by Gasteiger charge is -2.03. The summed E-state index contributed by atoms with van der Waals surface area (Å²) in [5.41, 5.74) is 0.404. The van der Waals surface area contributed by atoms with E-state index in [1.165, 1.54) is 6.20 Å². The van der Waals surface area contributed by atoms with Crippen molar-refractivity contribution in [3.05, 3.63) is 24.0 Å². The van der Waals surface area contributed by atoms with Gasteiger partial charge in [0.2, 0.25) is 0 Å². The summed E-state index contributed by atoms with van der Waals surface area (Å²) in [6.07, 6.45) is 8.85. The van der Waals surface area contributed by atoms with Gasteiger partial charge < -0.3 is 4.74 Å². The second kappa shape index (κ2) is 5.76. The molecule has 0 unspecified atom stereocenters. The Morgan fingerprint density at radius 3 is 3.00 bits per heavy atom. The standard InChI is InChI=1S/C11H11NO2/c1-2-3-4-7-14-11-6-5-10(9-13)12-8-11/h1,5-6,8-9H,3-4,7H2. The van der Waals surface area contributed by atoms with Crippen LogP contribution in [0, 0.1) is 12.3 Å². The minimum absolute atomic E-state index is 0.404. The van der Waals surface area contributed by atoms with Crippen LogP contribution in [0.25, 0.3) is 0 Å². The third-order valence-electron chi connectivity index (χ3n) is 1.61. The molecule has 3 nitrogen and oxygen atoms in total. The third kappa shape index (κ3) is 3.28. The fourth-order valence-corrected chi connectivity index (χ4v) is 0.911. The second-order valence-corrected chi connectivity index (χ2v) is 2.69. The molecule has 0 fully saturated rings. The zero-order valence-electron chi connectivity index (χ0n) is 7.77. The highest BCUT2D eigenvalue weighted by atomic mass is 16.5. The summed E-state index contributed by atoms with van der Waals surface area (Å²) in [4.78, 5) is 14.2. The van der Waals surface area contributed by atoms with Crippen LogP contribution in [0.4, 0.5) is 0 Å². The molecule has 0 aromatic carbocycles. The van der Waals surface area contributed by atoms with E-state index in [1.807, 2.05) is 0 Å². The van der Waals surface area contributed by atoms with Crippen molar-refractivity contribution in [1.29, 1.82) is 0 Å². The summed E-state index contributed by atoms with van der Waals surface area (Å²) in [6, 6.07) is 3.33. The number of unbranched alkanes of at least 4 members (excludes halogenated alkanes) is 1. The second-order valence-electron chi connectivity index (χ2n) is 2.69. The number of hydrogen-bond donors (Lipinski definition) is 0. The summed E-state index contributed by atoms with van der Waals surface area (Å²) >= 11 is 0. The quantitative estimate of drug-likeness (QED) is 0.402. The summed E-state index contributed by atoms with van der Waals surface area (Å²) in [5.74, 6) is 3.19. The van der Waals surface area contributed by atoms with Crippen LogP contribution < -0.4 is 4.74 Å². The molecular formula is C11H11NO2. The molecule has 1 aromatic heterocycles. The van der Waals surface area contributed by atoms with Crippen molar-refractivity contribution in [2.75, 3.05) is 6.61 Å². The average molecular weight is 189 g/mol. The van der Waals surface area contributed by atoms with Crippen molar-refractivity contribution in [1.82, 2.24) is 4.98 Å². The molecule has 14 heavy (non-hydrogen) atoms. The maximum Gasteiger partial charge on any atom is 0.168 e. The Morgan fingerprint density at radius 1 is 1.57 bits per heavy atom. The van der Waals surface area contributed by atoms with E-state index in [1.54, 1.807) is 12.1 Å². The molecule has 1 heterocycles. The van der Waals surface area contributed by atoms with Crippen LogP contribution in [0.3, 0.4) is 0 Å². The number of pyridine rings is 1. The molecular weight excluding hydrogens is 178 g/mol. The normalized spacial score (nSPS) is 9.07. The Bertz CT molecular complexity index is 324. The highest BCUT2D eigenvalue weighted by Crippen LogP contribution is 2.08. The fraction of sp³-hybridized carbons (Fsp3) is 0.273. The first-order valence-corrected chi connectivity index (χ1v) is 4.34. The van der Waals surface area contributed by atoms with Crippen LogP contribution in [0.5, 0.6) is 5.75 Å². The van der Waals surface area contributed by atoms with Crippen LogP contribution in [0.15, 0.2) is 18.3 Å². The molecule has 1 rings (SSSR count). The Hall–Kier alpha value is -1.82. The highest BCUT2D eigenvalue weighted by Gasteiger charge is 1.94. The Labute approximate surface area is 83.1 Å². The van der Waals surface area contributed by atoms with Crippen LogP contribution in [-0.4, -0.2) is 17.9 Å². The maximum absolute atomic E-state index is 10.3. The Morgan fingerprint density at radius 2 is 2.43 bits per heavy atom. The maximum atomic E-state index is 10.3. The van der Waals surface area contributed by atoms with E-state index in [4.69, 9.17) is 11.2 Å². The number of nitrogens with zero attached hydrogens (tertiary/aromatic N) is 1. The number of rotatable bonds is 5. The molecule has 0 saturated heterocycles. The van der Waals surface area contributed by atoms with Gasteiger partial charge in [-0.2, -0.15) is 0 Å². The predicted molar refractivity (Wildman–Crippen MR) is 53.2 cm³/mol. The monoisotopic (exact) mass is 189 g/mol. The van der Waals surface area contributed by atoms with Crippen molar-refractivity contribution in [2.45, 2.75) is 12.8 Å². The number of ether oxygens (including phenoxy) is 1. The van der Waals surface area contributed by atoms with E-state index in [2.05, 4.69) is 10.9 Å². The Kier molecular flexibility index (Phi) is 4.22. The number of terminal acetylenes is 1. The van der Waals surface area contributed by atoms with Gasteiger partial charge in [0.25, 0.3) is 0 Å². The topological polar surface area (TPSA) is 39.2 Å². The minimum Gasteiger partial charge on any atom is -0.492 e. The van der Waals surface area contributed by atoms with Crippen LogP contribution >= 0.6 is 0 Å². The number of hydrogen-bond acceptors (Lipinski definition) is 3. The molecule has 0 aliphatic rings. The van der Waals surface area contributed by atoms with Gasteiger partial charge in [0.1, 0.15) is 11.4 Å². The van der Waals surface area contributed by atoms with Crippen LogP contribution in [0.1, 0.15) is 23.3 Å². The van der Waals surface area contributed by atoms with Gasteiger partial charge in [-0.25, -0.2) is 4.98 Å². The molecule has 0 atom stereocenters. The SMILES string of the molecule is C#CCCCOc1ccc(C=O)nc1. The van der Waals surface area contributed by atoms with E-state index < -0.39 is 0 Å². The minimum atomic E-state index is 0.404. The molecule has 0 N–H and O–H groups in total. The molecule has 0 aliphatic heterocycles. The summed E-state index contributed by atoms with van der Waals surface area (Å²) in [6.45, 7) is 0.576. The van der Waals surface area contributed by atoms with Crippen molar-refractivity contribution in [3.8, 4) is 18.1 Å². The van der Waals surface area contributed by atoms with Crippen molar-refractivity contribution < 1.29 is 9.53 Å². The van der Waals surface area contributed by atoms with Gasteiger partial charge >= 0.3 is 0 Å². The van der Waals surface area contributed by atoms with Gasteiger partial charge in [0.15, 0.2) is 6.29 Å². The van der Waals surface area contributed by atoms with E-state index in [0.29, 0.717) is 30.8 Å². The lowest BCUT2D eigenvalue weighted by molar-refractivity contribution is 0.111. The third-order valence-corrected chi connectivity index (χ3v) is 1.61. The molecule has 0 amide bonds. The van der Waals surface area contributed by atoms with Crippen molar-refractivity contribution >= 4 is 6.29 Å². The van der Waals surface area contributed by atoms with E-state index in [-0.39, 0.29) is 0 Å². The number of carbonyl (C=O) groups excluding carboxylic acids is 1. The van der Waals surface area contributed by atoms with Crippen molar-refractivity contribution in [2.24, 2.45) is 0 Å². The molecule has 0 bridgehead atoms. The largest absolute Gasteiger partial charge is 0.492 e. The molecule has 72 valence electrons. The number of carbonyl (C=O) groups is 1. The smallest absolute Gasteiger partial charge is 0.168 e. The van der Waals surface area contributed by atoms with Gasteiger partial charge in [-0.05, 0) is 18.6 Å². The van der Waals surface area contributed by atoms with Gasteiger partial charge in [0, 0.05) is 6.42 Å². The Balaban J connectivity index is 2.37. The summed E-state index contributed by atoms with van der Waals surface area (Å²) < 4.78 is 5.33. The highest BCUT2D eigenvalue weighted by molar-refractivity contribution is 5.71. The number of aromatic nitrogens is 1. The summed E-state index contributed by atoms with van der Waals surface area (Å²) in [7, 11) is 0. The van der Waals surface area contributed by atoms with Gasteiger partial charge in [0.05, 0.1) is 12.8 Å². The van der Waals surface area contributed by atoms with E-state index in [9.17, 15) is 4.79 Å². The molecule has 0 aliphatic carbocycles. The van der Waals surface area contributed by atoms with E-state index in [0.717, 1.165) is 6.42 Å². The van der Waals surface area contributed by atoms with Crippen LogP contribution in [0.2, 0.25) is 0 Å². The van der Waals surface area contributed by atoms with Crippen LogP contribution in [-0.2, 0) is 0 Å². The first-order valence-electron chi connectivity index (χ1n) is 4.34. The fourth-order valence-electron chi connectivity index (χ4n) is 0.911. The summed E-state index contributed by atoms with van der Waals surface area (Å²) in [5, 5.41) is 0. The molecule has 0 radical (unpaired) electrons. The predicted octanol–water partition coefficient (Wildman–Crippen LogP) is 1.69. The van der Waals surface area contributed by atoms with E-state index >= 15 is 0 Å². The van der Waals surface area contributed by atoms with Gasteiger partial charge in [-0.1, -0.05) is 0 Å². The number of aldehydes is 1. The van der Waals surface area contributed by atoms with Crippen molar-refractivity contribution in [3.63, 3.8) is 0 Å². The average Bonchev–Trinajstić information content (AvgIpc) is 2.25. The molecule has 3 heteroatoms. The van der Waals surface area contributed by atoms with Gasteiger partial charge in [-0.15, -0.1) is 12.3 Å². The molecule has 1 aromatic rings. The lowest BCUT2D eigenvalue weighted by Crippen LogP contribution is -1.97. The first kappa shape index (κ1) is 10.3. The zero-order valence-corrected chi connectivity index (χ0v) is 7.77. The lowest BCUT2D eigenvalue weighted by atomic mass is 10.3. The van der Waals surface area contributed by atoms with Gasteiger partial charge in [-0.3, -0.25) is 4.79 Å². The first-order chi connectivity index (χ1) is 6.86. The zero-order chi connectivity index (χ0) is 10.2. The molecule has 0 saturated carbocycles.